The smallest absolute Gasteiger partial charge is 0.294 e. The molecule has 0 bridgehead atoms. The minimum absolute atomic E-state index is 0.00407. The second-order valence-corrected chi connectivity index (χ2v) is 7.53. The molecule has 0 radical (unpaired) electrons. The second kappa shape index (κ2) is 14.9. The molecule has 0 saturated carbocycles. The van der Waals surface area contributed by atoms with Crippen LogP contribution in [-0.4, -0.2) is 26.6 Å². The first-order chi connectivity index (χ1) is 16.4. The number of rotatable bonds is 8. The van der Waals surface area contributed by atoms with E-state index in [0.29, 0.717) is 30.8 Å². The maximum absolute atomic E-state index is 12.4. The Hall–Kier alpha value is -3.19. The third-order valence-electron chi connectivity index (χ3n) is 5.17. The molecule has 2 aromatic carbocycles. The molecular weight excluding hydrogens is 428 g/mol. The van der Waals surface area contributed by atoms with Crippen molar-refractivity contribution in [3.05, 3.63) is 74.7 Å². The molecular formula is C27H40N4O3. The summed E-state index contributed by atoms with van der Waals surface area (Å²) in [4.78, 5) is 12.4. The maximum atomic E-state index is 12.4. The first-order valence-corrected chi connectivity index (χ1v) is 12.1. The molecule has 0 fully saturated rings. The Morgan fingerprint density at radius 2 is 1.62 bits per heavy atom. The molecule has 0 aliphatic carbocycles. The Labute approximate surface area is 203 Å². The third kappa shape index (κ3) is 7.70. The van der Waals surface area contributed by atoms with Crippen molar-refractivity contribution in [2.75, 3.05) is 6.61 Å². The van der Waals surface area contributed by atoms with Crippen LogP contribution < -0.4 is 5.56 Å². The molecule has 1 heterocycles. The number of phenolic OH excluding ortho intramolecular Hbond substituents is 1. The number of aliphatic hydroxyl groups is 1. The number of nitrogens with one attached hydrogen (secondary N) is 1. The van der Waals surface area contributed by atoms with Crippen molar-refractivity contribution in [3.8, 4) is 5.75 Å². The van der Waals surface area contributed by atoms with E-state index in [9.17, 15) is 9.90 Å². The number of hydrogen-bond donors (Lipinski definition) is 3. The van der Waals surface area contributed by atoms with Crippen molar-refractivity contribution in [1.29, 1.82) is 0 Å². The number of aromatic nitrogens is 2. The zero-order valence-corrected chi connectivity index (χ0v) is 21.6. The number of aromatic hydroxyl groups is 1. The normalized spacial score (nSPS) is 10.5. The van der Waals surface area contributed by atoms with Gasteiger partial charge in [-0.05, 0) is 62.8 Å². The van der Waals surface area contributed by atoms with E-state index < -0.39 is 0 Å². The number of azo groups is 1. The second-order valence-electron chi connectivity index (χ2n) is 7.53. The minimum Gasteiger partial charge on any atom is -0.505 e. The average Bonchev–Trinajstić information content (AvgIpc) is 3.13. The van der Waals surface area contributed by atoms with Crippen LogP contribution in [0.4, 0.5) is 11.4 Å². The number of hydrogen-bond acceptors (Lipinski definition) is 5. The summed E-state index contributed by atoms with van der Waals surface area (Å²) in [7, 11) is 0. The SMILES string of the molecule is CC.CC.Cc1ccc(C)c(CCc2cccc(N=Nc3c(C)[nH]n(CCCO)c3=O)c2O)c1. The van der Waals surface area contributed by atoms with Gasteiger partial charge in [0.2, 0.25) is 0 Å². The first kappa shape index (κ1) is 28.8. The summed E-state index contributed by atoms with van der Waals surface area (Å²) in [6, 6.07) is 11.8. The van der Waals surface area contributed by atoms with E-state index in [1.807, 2.05) is 39.8 Å². The molecule has 0 aliphatic rings. The predicted molar refractivity (Wildman–Crippen MR) is 140 cm³/mol. The topological polar surface area (TPSA) is 103 Å². The largest absolute Gasteiger partial charge is 0.505 e. The molecule has 0 atom stereocenters. The van der Waals surface area contributed by atoms with E-state index >= 15 is 0 Å². The van der Waals surface area contributed by atoms with Crippen molar-refractivity contribution < 1.29 is 10.2 Å². The lowest BCUT2D eigenvalue weighted by molar-refractivity contribution is 0.276. The van der Waals surface area contributed by atoms with Gasteiger partial charge in [0.1, 0.15) is 11.4 Å². The predicted octanol–water partition coefficient (Wildman–Crippen LogP) is 6.44. The maximum Gasteiger partial charge on any atom is 0.294 e. The molecule has 0 amide bonds. The van der Waals surface area contributed by atoms with E-state index in [-0.39, 0.29) is 23.6 Å². The average molecular weight is 469 g/mol. The van der Waals surface area contributed by atoms with Crippen molar-refractivity contribution in [3.63, 3.8) is 0 Å². The van der Waals surface area contributed by atoms with Crippen molar-refractivity contribution in [2.24, 2.45) is 10.2 Å². The molecule has 34 heavy (non-hydrogen) atoms. The van der Waals surface area contributed by atoms with Crippen LogP contribution in [0.1, 0.15) is 62.1 Å². The van der Waals surface area contributed by atoms with Crippen LogP contribution in [0.2, 0.25) is 0 Å². The van der Waals surface area contributed by atoms with Crippen LogP contribution in [0.15, 0.2) is 51.4 Å². The highest BCUT2D eigenvalue weighted by molar-refractivity contribution is 5.55. The van der Waals surface area contributed by atoms with Crippen LogP contribution >= 0.6 is 0 Å². The highest BCUT2D eigenvalue weighted by Gasteiger charge is 2.12. The van der Waals surface area contributed by atoms with Crippen LogP contribution in [0.3, 0.4) is 0 Å². The third-order valence-corrected chi connectivity index (χ3v) is 5.17. The molecule has 3 N–H and O–H groups in total. The molecule has 7 heteroatoms. The van der Waals surface area contributed by atoms with Gasteiger partial charge in [0.05, 0.1) is 5.69 Å². The highest BCUT2D eigenvalue weighted by Crippen LogP contribution is 2.32. The number of nitrogens with zero attached hydrogens (tertiary/aromatic N) is 3. The number of aryl methyl sites for hydroxylation is 6. The molecule has 0 aliphatic heterocycles. The number of phenols is 1. The van der Waals surface area contributed by atoms with Gasteiger partial charge in [-0.25, -0.2) is 0 Å². The Balaban J connectivity index is 0.00000137. The number of benzene rings is 2. The van der Waals surface area contributed by atoms with E-state index in [1.54, 1.807) is 13.0 Å². The molecule has 3 rings (SSSR count). The zero-order valence-electron chi connectivity index (χ0n) is 21.6. The molecule has 186 valence electrons. The minimum atomic E-state index is -0.296. The molecule has 0 spiro atoms. The van der Waals surface area contributed by atoms with Crippen molar-refractivity contribution in [1.82, 2.24) is 9.78 Å². The summed E-state index contributed by atoms with van der Waals surface area (Å²) >= 11 is 0. The van der Waals surface area contributed by atoms with Gasteiger partial charge in [-0.2, -0.15) is 0 Å². The first-order valence-electron chi connectivity index (χ1n) is 12.1. The number of aliphatic hydroxyl groups excluding tert-OH is 1. The lowest BCUT2D eigenvalue weighted by atomic mass is 9.98. The van der Waals surface area contributed by atoms with Crippen LogP contribution in [0.25, 0.3) is 0 Å². The Kier molecular flexibility index (Phi) is 12.6. The standard InChI is InChI=1S/C23H28N4O3.2C2H6/c1-15-8-9-16(2)19(14-15)11-10-18-6-4-7-20(22(18)29)24-25-21-17(3)26-27(23(21)30)12-5-13-28;2*1-2/h4,6-9,14,26,28-29H,5,10-13H2,1-3H3;2*1-2H3. The molecule has 0 saturated heterocycles. The number of aromatic amines is 1. The molecule has 7 nitrogen and oxygen atoms in total. The summed E-state index contributed by atoms with van der Waals surface area (Å²) < 4.78 is 1.40. The Morgan fingerprint density at radius 1 is 0.941 bits per heavy atom. The van der Waals surface area contributed by atoms with Gasteiger partial charge in [0.25, 0.3) is 5.56 Å². The van der Waals surface area contributed by atoms with Crippen LogP contribution in [0, 0.1) is 20.8 Å². The molecule has 1 aromatic heterocycles. The van der Waals surface area contributed by atoms with Gasteiger partial charge in [-0.15, -0.1) is 10.2 Å². The summed E-state index contributed by atoms with van der Waals surface area (Å²) in [5, 5.41) is 30.8. The summed E-state index contributed by atoms with van der Waals surface area (Å²) in [6.07, 6.45) is 1.96. The highest BCUT2D eigenvalue weighted by atomic mass is 16.3. The van der Waals surface area contributed by atoms with Crippen LogP contribution in [0.5, 0.6) is 5.75 Å². The summed E-state index contributed by atoms with van der Waals surface area (Å²) in [6.45, 7) is 14.3. The van der Waals surface area contributed by atoms with E-state index in [2.05, 4.69) is 47.4 Å². The van der Waals surface area contributed by atoms with Gasteiger partial charge in [-0.1, -0.05) is 63.6 Å². The Morgan fingerprint density at radius 3 is 2.29 bits per heavy atom. The number of H-pyrrole nitrogens is 1. The summed E-state index contributed by atoms with van der Waals surface area (Å²) in [5.74, 6) is 0.0837. The molecule has 0 unspecified atom stereocenters. The van der Waals surface area contributed by atoms with Gasteiger partial charge in [-0.3, -0.25) is 14.6 Å². The van der Waals surface area contributed by atoms with E-state index in [1.165, 1.54) is 21.4 Å². The fourth-order valence-corrected chi connectivity index (χ4v) is 3.40. The van der Waals surface area contributed by atoms with E-state index in [4.69, 9.17) is 5.11 Å². The Bertz CT molecular complexity index is 1110. The fraction of sp³-hybridized carbons (Fsp3) is 0.444. The fourth-order valence-electron chi connectivity index (χ4n) is 3.40. The van der Waals surface area contributed by atoms with Crippen molar-refractivity contribution >= 4 is 11.4 Å². The lowest BCUT2D eigenvalue weighted by Gasteiger charge is -2.09. The zero-order chi connectivity index (χ0) is 25.7. The van der Waals surface area contributed by atoms with Gasteiger partial charge in [0.15, 0.2) is 5.69 Å². The van der Waals surface area contributed by atoms with Crippen molar-refractivity contribution in [2.45, 2.75) is 74.3 Å². The quantitative estimate of drug-likeness (QED) is 0.331. The van der Waals surface area contributed by atoms with Gasteiger partial charge < -0.3 is 10.2 Å². The van der Waals surface area contributed by atoms with Gasteiger partial charge in [0, 0.05) is 13.2 Å². The van der Waals surface area contributed by atoms with Gasteiger partial charge >= 0.3 is 0 Å². The monoisotopic (exact) mass is 468 g/mol. The van der Waals surface area contributed by atoms with E-state index in [0.717, 1.165) is 12.0 Å². The molecule has 3 aromatic rings. The lowest BCUT2D eigenvalue weighted by Crippen LogP contribution is -2.17. The van der Waals surface area contributed by atoms with Crippen LogP contribution in [-0.2, 0) is 19.4 Å². The number of para-hydroxylation sites is 1. The summed E-state index contributed by atoms with van der Waals surface area (Å²) in [5.41, 5.74) is 5.32.